The molecule has 3 aromatic rings. The van der Waals surface area contributed by atoms with E-state index in [0.717, 1.165) is 22.9 Å². The molecule has 5 nitrogen and oxygen atoms in total. The van der Waals surface area contributed by atoms with Crippen LogP contribution in [0.5, 0.6) is 0 Å². The number of thioether (sulfide) groups is 1. The summed E-state index contributed by atoms with van der Waals surface area (Å²) in [6.45, 7) is 0. The fourth-order valence-corrected chi connectivity index (χ4v) is 3.16. The van der Waals surface area contributed by atoms with Crippen LogP contribution in [0.2, 0.25) is 0 Å². The largest absolute Gasteiger partial charge is 0.415 e. The first kappa shape index (κ1) is 13.3. The molecule has 0 amide bonds. The van der Waals surface area contributed by atoms with Gasteiger partial charge in [-0.2, -0.15) is 0 Å². The third-order valence-corrected chi connectivity index (χ3v) is 4.47. The lowest BCUT2D eigenvalue weighted by Gasteiger charge is -2.06. The Bertz CT molecular complexity index is 884. The molecular formula is C16H14N4OS. The summed E-state index contributed by atoms with van der Waals surface area (Å²) in [6, 6.07) is 10.3. The molecule has 1 N–H and O–H groups in total. The number of H-pyrrole nitrogens is 1. The van der Waals surface area contributed by atoms with Gasteiger partial charge in [0, 0.05) is 5.75 Å². The number of benzene rings is 1. The molecule has 110 valence electrons. The Morgan fingerprint density at radius 1 is 1.23 bits per heavy atom. The van der Waals surface area contributed by atoms with E-state index in [0.29, 0.717) is 11.1 Å². The van der Waals surface area contributed by atoms with Crippen LogP contribution in [-0.4, -0.2) is 20.2 Å². The SMILES string of the molecule is C1=c2nc[nH]c2=CCC1c1nnc(SCc2ccccc2)o1. The summed E-state index contributed by atoms with van der Waals surface area (Å²) in [6.07, 6.45) is 6.74. The molecule has 22 heavy (non-hydrogen) atoms. The summed E-state index contributed by atoms with van der Waals surface area (Å²) in [5.74, 6) is 1.58. The highest BCUT2D eigenvalue weighted by Gasteiger charge is 2.18. The van der Waals surface area contributed by atoms with Gasteiger partial charge in [0.25, 0.3) is 5.22 Å². The van der Waals surface area contributed by atoms with Gasteiger partial charge in [0.1, 0.15) is 0 Å². The zero-order chi connectivity index (χ0) is 14.8. The van der Waals surface area contributed by atoms with Crippen LogP contribution in [0.25, 0.3) is 12.2 Å². The van der Waals surface area contributed by atoms with Crippen molar-refractivity contribution in [2.75, 3.05) is 0 Å². The molecule has 2 heterocycles. The molecule has 1 aromatic carbocycles. The lowest BCUT2D eigenvalue weighted by Crippen LogP contribution is -2.28. The van der Waals surface area contributed by atoms with Crippen LogP contribution in [0.1, 0.15) is 23.8 Å². The molecule has 1 aliphatic rings. The summed E-state index contributed by atoms with van der Waals surface area (Å²) < 4.78 is 5.79. The monoisotopic (exact) mass is 310 g/mol. The summed E-state index contributed by atoms with van der Waals surface area (Å²) in [5, 5.41) is 10.9. The summed E-state index contributed by atoms with van der Waals surface area (Å²) >= 11 is 1.56. The number of hydrogen-bond acceptors (Lipinski definition) is 5. The minimum absolute atomic E-state index is 0.106. The van der Waals surface area contributed by atoms with Crippen LogP contribution >= 0.6 is 11.8 Å². The third-order valence-electron chi connectivity index (χ3n) is 3.58. The maximum absolute atomic E-state index is 5.79. The van der Waals surface area contributed by atoms with Gasteiger partial charge >= 0.3 is 0 Å². The zero-order valence-electron chi connectivity index (χ0n) is 11.8. The molecule has 1 atom stereocenters. The standard InChI is InChI=1S/C16H14N4OS/c1-2-4-11(5-3-1)9-22-16-20-19-15(21-16)12-6-7-13-14(8-12)18-10-17-13/h1-5,7-8,10,12H,6,9H2,(H,17,18). The van der Waals surface area contributed by atoms with Gasteiger partial charge in [-0.15, -0.1) is 10.2 Å². The number of imidazole rings is 1. The Balaban J connectivity index is 1.48. The van der Waals surface area contributed by atoms with Gasteiger partial charge in [-0.1, -0.05) is 48.2 Å². The number of aromatic amines is 1. The van der Waals surface area contributed by atoms with Gasteiger partial charge in [-0.05, 0) is 18.1 Å². The first-order valence-corrected chi connectivity index (χ1v) is 8.08. The molecule has 0 fully saturated rings. The summed E-state index contributed by atoms with van der Waals surface area (Å²) in [4.78, 5) is 7.38. The maximum Gasteiger partial charge on any atom is 0.276 e. The van der Waals surface area contributed by atoms with Crippen LogP contribution in [0.4, 0.5) is 0 Å². The summed E-state index contributed by atoms with van der Waals surface area (Å²) in [5.41, 5.74) is 1.24. The zero-order valence-corrected chi connectivity index (χ0v) is 12.6. The number of hydrogen-bond donors (Lipinski definition) is 1. The molecule has 1 aliphatic carbocycles. The number of fused-ring (bicyclic) bond motifs is 1. The lowest BCUT2D eigenvalue weighted by atomic mass is 10.0. The minimum Gasteiger partial charge on any atom is -0.415 e. The highest BCUT2D eigenvalue weighted by Crippen LogP contribution is 2.26. The molecule has 0 spiro atoms. The van der Waals surface area contributed by atoms with E-state index < -0.39 is 0 Å². The molecule has 0 radical (unpaired) electrons. The Morgan fingerprint density at radius 2 is 2.14 bits per heavy atom. The quantitative estimate of drug-likeness (QED) is 0.745. The van der Waals surface area contributed by atoms with Gasteiger partial charge in [0.2, 0.25) is 5.89 Å². The van der Waals surface area contributed by atoms with Crippen molar-refractivity contribution in [2.24, 2.45) is 0 Å². The van der Waals surface area contributed by atoms with Crippen molar-refractivity contribution in [3.8, 4) is 0 Å². The van der Waals surface area contributed by atoms with E-state index in [1.54, 1.807) is 18.1 Å². The molecule has 6 heteroatoms. The predicted molar refractivity (Wildman–Crippen MR) is 84.4 cm³/mol. The highest BCUT2D eigenvalue weighted by molar-refractivity contribution is 7.98. The molecular weight excluding hydrogens is 296 g/mol. The van der Waals surface area contributed by atoms with E-state index in [1.807, 2.05) is 18.2 Å². The number of rotatable bonds is 4. The smallest absolute Gasteiger partial charge is 0.276 e. The second kappa shape index (κ2) is 5.81. The van der Waals surface area contributed by atoms with E-state index in [2.05, 4.69) is 44.5 Å². The molecule has 0 saturated heterocycles. The van der Waals surface area contributed by atoms with Crippen molar-refractivity contribution < 1.29 is 4.42 Å². The Kier molecular flexibility index (Phi) is 3.52. The van der Waals surface area contributed by atoms with Gasteiger partial charge in [0.15, 0.2) is 0 Å². The van der Waals surface area contributed by atoms with Crippen molar-refractivity contribution in [1.82, 2.24) is 20.2 Å². The Labute approximate surface area is 131 Å². The van der Waals surface area contributed by atoms with E-state index in [9.17, 15) is 0 Å². The Morgan fingerprint density at radius 3 is 3.05 bits per heavy atom. The molecule has 2 aromatic heterocycles. The fourth-order valence-electron chi connectivity index (χ4n) is 2.43. The normalized spacial score (nSPS) is 16.6. The average Bonchev–Trinajstić information content (AvgIpc) is 3.22. The van der Waals surface area contributed by atoms with Crippen LogP contribution in [0.15, 0.2) is 46.3 Å². The lowest BCUT2D eigenvalue weighted by molar-refractivity contribution is 0.406. The molecule has 0 saturated carbocycles. The minimum atomic E-state index is 0.106. The number of aromatic nitrogens is 4. The number of nitrogens with one attached hydrogen (secondary N) is 1. The summed E-state index contributed by atoms with van der Waals surface area (Å²) in [7, 11) is 0. The van der Waals surface area contributed by atoms with Crippen LogP contribution in [-0.2, 0) is 5.75 Å². The van der Waals surface area contributed by atoms with Gasteiger partial charge in [0.05, 0.1) is 22.9 Å². The topological polar surface area (TPSA) is 67.6 Å². The average molecular weight is 310 g/mol. The van der Waals surface area contributed by atoms with E-state index in [4.69, 9.17) is 4.42 Å². The molecule has 1 unspecified atom stereocenters. The van der Waals surface area contributed by atoms with Crippen LogP contribution in [0.3, 0.4) is 0 Å². The fraction of sp³-hybridized carbons (Fsp3) is 0.188. The Hall–Kier alpha value is -2.34. The van der Waals surface area contributed by atoms with Crippen molar-refractivity contribution in [3.63, 3.8) is 0 Å². The van der Waals surface area contributed by atoms with Crippen molar-refractivity contribution in [2.45, 2.75) is 23.3 Å². The van der Waals surface area contributed by atoms with Gasteiger partial charge < -0.3 is 9.40 Å². The van der Waals surface area contributed by atoms with Crippen LogP contribution in [0, 0.1) is 0 Å². The number of nitrogens with zero attached hydrogens (tertiary/aromatic N) is 3. The van der Waals surface area contributed by atoms with Crippen LogP contribution < -0.4 is 10.7 Å². The predicted octanol–water partition coefficient (Wildman–Crippen LogP) is 1.83. The van der Waals surface area contributed by atoms with E-state index in [-0.39, 0.29) is 5.92 Å². The first-order valence-electron chi connectivity index (χ1n) is 7.10. The molecule has 0 bridgehead atoms. The third kappa shape index (κ3) is 2.69. The van der Waals surface area contributed by atoms with Crippen molar-refractivity contribution >= 4 is 23.9 Å². The molecule has 4 rings (SSSR count). The van der Waals surface area contributed by atoms with E-state index in [1.165, 1.54) is 5.56 Å². The second-order valence-electron chi connectivity index (χ2n) is 5.09. The van der Waals surface area contributed by atoms with E-state index >= 15 is 0 Å². The van der Waals surface area contributed by atoms with Gasteiger partial charge in [-0.3, -0.25) is 0 Å². The molecule has 0 aliphatic heterocycles. The van der Waals surface area contributed by atoms with Gasteiger partial charge in [-0.25, -0.2) is 4.98 Å². The second-order valence-corrected chi connectivity index (χ2v) is 6.02. The van der Waals surface area contributed by atoms with Crippen molar-refractivity contribution in [1.29, 1.82) is 0 Å². The highest BCUT2D eigenvalue weighted by atomic mass is 32.2. The van der Waals surface area contributed by atoms with Crippen molar-refractivity contribution in [3.05, 3.63) is 58.8 Å². The maximum atomic E-state index is 5.79. The first-order chi connectivity index (χ1) is 10.9.